The molecule has 0 aromatic heterocycles. The first kappa shape index (κ1) is 17.1. The Bertz CT molecular complexity index is 1000. The molecular formula is C18H16ClN3O3S. The Kier molecular flexibility index (Phi) is 4.20. The van der Waals surface area contributed by atoms with Crippen LogP contribution in [0.2, 0.25) is 5.02 Å². The number of amides is 1. The zero-order valence-corrected chi connectivity index (χ0v) is 15.4. The summed E-state index contributed by atoms with van der Waals surface area (Å²) in [6.45, 7) is 1.65. The van der Waals surface area contributed by atoms with Crippen LogP contribution in [0.5, 0.6) is 0 Å². The van der Waals surface area contributed by atoms with Gasteiger partial charge in [-0.25, -0.2) is 0 Å². The number of hydrogen-bond donors (Lipinski definition) is 0. The van der Waals surface area contributed by atoms with Crippen molar-refractivity contribution in [3.8, 4) is 0 Å². The second-order valence-corrected chi connectivity index (χ2v) is 8.26. The van der Waals surface area contributed by atoms with E-state index in [0.717, 1.165) is 5.56 Å². The van der Waals surface area contributed by atoms with Crippen LogP contribution in [-0.2, 0) is 21.4 Å². The maximum atomic E-state index is 12.6. The number of nitrogens with zero attached hydrogens (tertiary/aromatic N) is 3. The first-order chi connectivity index (χ1) is 12.4. The highest BCUT2D eigenvalue weighted by atomic mass is 35.5. The molecule has 0 radical (unpaired) electrons. The molecule has 26 heavy (non-hydrogen) atoms. The number of carbonyl (C=O) groups is 1. The van der Waals surface area contributed by atoms with Crippen LogP contribution in [0.3, 0.4) is 0 Å². The van der Waals surface area contributed by atoms with Gasteiger partial charge in [0.15, 0.2) is 5.84 Å². The summed E-state index contributed by atoms with van der Waals surface area (Å²) in [5.41, 5.74) is 1.56. The van der Waals surface area contributed by atoms with Gasteiger partial charge in [0.2, 0.25) is 5.91 Å². The highest BCUT2D eigenvalue weighted by Gasteiger charge is 2.34. The smallest absolute Gasteiger partial charge is 0.285 e. The van der Waals surface area contributed by atoms with Gasteiger partial charge in [0, 0.05) is 30.2 Å². The molecule has 0 N–H and O–H groups in total. The van der Waals surface area contributed by atoms with Crippen LogP contribution in [-0.4, -0.2) is 49.6 Å². The van der Waals surface area contributed by atoms with E-state index < -0.39 is 10.0 Å². The molecule has 0 unspecified atom stereocenters. The summed E-state index contributed by atoms with van der Waals surface area (Å²) in [5, 5.41) is 0.656. The van der Waals surface area contributed by atoms with Gasteiger partial charge in [-0.1, -0.05) is 35.9 Å². The molecule has 2 heterocycles. The maximum Gasteiger partial charge on any atom is 0.285 e. The van der Waals surface area contributed by atoms with E-state index in [1.165, 1.54) is 0 Å². The molecule has 1 amide bonds. The van der Waals surface area contributed by atoms with E-state index in [4.69, 9.17) is 11.6 Å². The standard InChI is InChI=1S/C18H16ClN3O3S/c19-14-7-5-13(6-8-14)11-21-9-10-22(12-17(21)23)18-15-3-1-2-4-16(15)26(24,25)20-18/h1-8H,9-12H2. The first-order valence-electron chi connectivity index (χ1n) is 8.15. The molecule has 2 aliphatic rings. The number of sulfonamides is 1. The third-order valence-electron chi connectivity index (χ3n) is 4.52. The van der Waals surface area contributed by atoms with Gasteiger partial charge in [0.25, 0.3) is 10.0 Å². The number of fused-ring (bicyclic) bond motifs is 1. The average molecular weight is 390 g/mol. The zero-order valence-electron chi connectivity index (χ0n) is 13.8. The summed E-state index contributed by atoms with van der Waals surface area (Å²) in [6, 6.07) is 14.1. The molecule has 0 saturated carbocycles. The number of carbonyl (C=O) groups excluding carboxylic acids is 1. The lowest BCUT2D eigenvalue weighted by Crippen LogP contribution is -2.51. The average Bonchev–Trinajstić information content (AvgIpc) is 2.90. The minimum atomic E-state index is -3.68. The van der Waals surface area contributed by atoms with E-state index in [1.807, 2.05) is 12.1 Å². The van der Waals surface area contributed by atoms with Crippen LogP contribution in [0, 0.1) is 0 Å². The Balaban J connectivity index is 1.51. The van der Waals surface area contributed by atoms with Crippen LogP contribution >= 0.6 is 11.6 Å². The van der Waals surface area contributed by atoms with Crippen molar-refractivity contribution in [3.05, 3.63) is 64.7 Å². The van der Waals surface area contributed by atoms with Crippen molar-refractivity contribution in [1.82, 2.24) is 9.80 Å². The lowest BCUT2D eigenvalue weighted by atomic mass is 10.1. The minimum absolute atomic E-state index is 0.0596. The SMILES string of the molecule is O=C1CN(C2=NS(=O)(=O)c3ccccc32)CCN1Cc1ccc(Cl)cc1. The third kappa shape index (κ3) is 3.08. The van der Waals surface area contributed by atoms with Gasteiger partial charge < -0.3 is 9.80 Å². The molecule has 2 aliphatic heterocycles. The molecule has 4 rings (SSSR count). The summed E-state index contributed by atoms with van der Waals surface area (Å²) in [4.78, 5) is 16.3. The minimum Gasteiger partial charge on any atom is -0.344 e. The molecular weight excluding hydrogens is 374 g/mol. The van der Waals surface area contributed by atoms with Gasteiger partial charge >= 0.3 is 0 Å². The third-order valence-corrected chi connectivity index (χ3v) is 6.09. The van der Waals surface area contributed by atoms with E-state index in [-0.39, 0.29) is 17.3 Å². The van der Waals surface area contributed by atoms with Crippen molar-refractivity contribution < 1.29 is 13.2 Å². The molecule has 8 heteroatoms. The van der Waals surface area contributed by atoms with Crippen LogP contribution in [0.1, 0.15) is 11.1 Å². The summed E-state index contributed by atoms with van der Waals surface area (Å²) in [6.07, 6.45) is 0. The molecule has 1 saturated heterocycles. The maximum absolute atomic E-state index is 12.6. The fourth-order valence-electron chi connectivity index (χ4n) is 3.18. The molecule has 1 fully saturated rings. The number of amidine groups is 1. The first-order valence-corrected chi connectivity index (χ1v) is 9.97. The van der Waals surface area contributed by atoms with E-state index >= 15 is 0 Å². The molecule has 2 aromatic carbocycles. The molecule has 0 atom stereocenters. The Morgan fingerprint density at radius 2 is 1.77 bits per heavy atom. The largest absolute Gasteiger partial charge is 0.344 e. The van der Waals surface area contributed by atoms with Crippen LogP contribution in [0.25, 0.3) is 0 Å². The Morgan fingerprint density at radius 1 is 1.04 bits per heavy atom. The van der Waals surface area contributed by atoms with Crippen molar-refractivity contribution >= 4 is 33.4 Å². The van der Waals surface area contributed by atoms with Gasteiger partial charge in [-0.05, 0) is 29.8 Å². The van der Waals surface area contributed by atoms with Crippen LogP contribution in [0.15, 0.2) is 57.8 Å². The Morgan fingerprint density at radius 3 is 2.50 bits per heavy atom. The van der Waals surface area contributed by atoms with E-state index in [0.29, 0.717) is 36.1 Å². The van der Waals surface area contributed by atoms with Crippen LogP contribution in [0.4, 0.5) is 0 Å². The number of piperazine rings is 1. The van der Waals surface area contributed by atoms with Gasteiger partial charge in [0.05, 0.1) is 6.54 Å². The quantitative estimate of drug-likeness (QED) is 0.789. The molecule has 6 nitrogen and oxygen atoms in total. The van der Waals surface area contributed by atoms with E-state index in [1.54, 1.807) is 46.2 Å². The van der Waals surface area contributed by atoms with Crippen LogP contribution < -0.4 is 0 Å². The molecule has 0 aliphatic carbocycles. The van der Waals surface area contributed by atoms with Gasteiger partial charge in [0.1, 0.15) is 4.90 Å². The molecule has 134 valence electrons. The second kappa shape index (κ2) is 6.41. The van der Waals surface area contributed by atoms with Crippen molar-refractivity contribution in [1.29, 1.82) is 0 Å². The predicted molar refractivity (Wildman–Crippen MR) is 98.6 cm³/mol. The number of benzene rings is 2. The number of halogens is 1. The molecule has 0 bridgehead atoms. The number of rotatable bonds is 2. The van der Waals surface area contributed by atoms with Gasteiger partial charge in [-0.3, -0.25) is 4.79 Å². The summed E-state index contributed by atoms with van der Waals surface area (Å²) in [5.74, 6) is 0.302. The fraction of sp³-hybridized carbons (Fsp3) is 0.222. The highest BCUT2D eigenvalue weighted by Crippen LogP contribution is 2.28. The summed E-state index contributed by atoms with van der Waals surface area (Å²) >= 11 is 5.89. The monoisotopic (exact) mass is 389 g/mol. The van der Waals surface area contributed by atoms with Crippen molar-refractivity contribution in [2.45, 2.75) is 11.4 Å². The lowest BCUT2D eigenvalue weighted by molar-refractivity contribution is -0.135. The highest BCUT2D eigenvalue weighted by molar-refractivity contribution is 7.90. The Hall–Kier alpha value is -2.38. The molecule has 2 aromatic rings. The topological polar surface area (TPSA) is 70.0 Å². The predicted octanol–water partition coefficient (Wildman–Crippen LogP) is 2.13. The zero-order chi connectivity index (χ0) is 18.3. The van der Waals surface area contributed by atoms with E-state index in [2.05, 4.69) is 4.40 Å². The van der Waals surface area contributed by atoms with Crippen molar-refractivity contribution in [2.75, 3.05) is 19.6 Å². The van der Waals surface area contributed by atoms with Gasteiger partial charge in [-0.2, -0.15) is 8.42 Å². The fourth-order valence-corrected chi connectivity index (χ4v) is 4.54. The van der Waals surface area contributed by atoms with Crippen molar-refractivity contribution in [3.63, 3.8) is 0 Å². The Labute approximate surface area is 156 Å². The van der Waals surface area contributed by atoms with Gasteiger partial charge in [-0.15, -0.1) is 4.40 Å². The second-order valence-electron chi connectivity index (χ2n) is 6.25. The normalized spacial score (nSPS) is 18.7. The molecule has 0 spiro atoms. The van der Waals surface area contributed by atoms with E-state index in [9.17, 15) is 13.2 Å². The number of hydrogen-bond acceptors (Lipinski definition) is 4. The summed E-state index contributed by atoms with van der Waals surface area (Å²) in [7, 11) is -3.68. The van der Waals surface area contributed by atoms with Crippen molar-refractivity contribution in [2.24, 2.45) is 4.40 Å². The lowest BCUT2D eigenvalue weighted by Gasteiger charge is -2.35. The summed E-state index contributed by atoms with van der Waals surface area (Å²) < 4.78 is 28.3.